The van der Waals surface area contributed by atoms with Crippen molar-refractivity contribution in [2.75, 3.05) is 13.6 Å². The summed E-state index contributed by atoms with van der Waals surface area (Å²) in [5, 5.41) is 5.55. The molecule has 1 nitrogen and oxygen atoms in total. The standard InChI is InChI=1S/C12H19NS/c1-3-10-7-12(8-10,9-13-2)11-5-4-6-14-11/h4-6,10,13H,3,7-9H2,1-2H3. The van der Waals surface area contributed by atoms with E-state index in [0.717, 1.165) is 12.5 Å². The molecule has 1 N–H and O–H groups in total. The van der Waals surface area contributed by atoms with Crippen LogP contribution in [0.25, 0.3) is 0 Å². The van der Waals surface area contributed by atoms with Gasteiger partial charge in [-0.25, -0.2) is 0 Å². The van der Waals surface area contributed by atoms with E-state index in [1.54, 1.807) is 4.88 Å². The minimum atomic E-state index is 0.476. The van der Waals surface area contributed by atoms with Crippen molar-refractivity contribution < 1.29 is 0 Å². The number of rotatable bonds is 4. The number of thiophene rings is 1. The van der Waals surface area contributed by atoms with Gasteiger partial charge in [0.2, 0.25) is 0 Å². The summed E-state index contributed by atoms with van der Waals surface area (Å²) in [5.41, 5.74) is 0.476. The molecule has 0 atom stereocenters. The molecule has 0 bridgehead atoms. The summed E-state index contributed by atoms with van der Waals surface area (Å²) in [7, 11) is 2.06. The average Bonchev–Trinajstić information content (AvgIpc) is 2.63. The molecule has 2 rings (SSSR count). The monoisotopic (exact) mass is 209 g/mol. The van der Waals surface area contributed by atoms with Crippen LogP contribution in [0.3, 0.4) is 0 Å². The van der Waals surface area contributed by atoms with Crippen molar-refractivity contribution in [1.29, 1.82) is 0 Å². The van der Waals surface area contributed by atoms with Crippen molar-refractivity contribution in [3.8, 4) is 0 Å². The Hall–Kier alpha value is -0.340. The number of hydrogen-bond acceptors (Lipinski definition) is 2. The molecule has 1 saturated carbocycles. The highest BCUT2D eigenvalue weighted by atomic mass is 32.1. The van der Waals surface area contributed by atoms with Crippen molar-refractivity contribution in [3.05, 3.63) is 22.4 Å². The van der Waals surface area contributed by atoms with E-state index in [0.29, 0.717) is 5.41 Å². The lowest BCUT2D eigenvalue weighted by atomic mass is 9.60. The normalized spacial score (nSPS) is 31.4. The Morgan fingerprint density at radius 1 is 1.57 bits per heavy atom. The second-order valence-electron chi connectivity index (χ2n) is 4.47. The number of likely N-dealkylation sites (N-methyl/N-ethyl adjacent to an activating group) is 1. The molecule has 0 spiro atoms. The fourth-order valence-electron chi connectivity index (χ4n) is 2.69. The van der Waals surface area contributed by atoms with Gasteiger partial charge in [-0.05, 0) is 37.3 Å². The smallest absolute Gasteiger partial charge is 0.0177 e. The molecule has 0 aliphatic heterocycles. The molecule has 1 fully saturated rings. The quantitative estimate of drug-likeness (QED) is 0.803. The Morgan fingerprint density at radius 3 is 2.86 bits per heavy atom. The van der Waals surface area contributed by atoms with Gasteiger partial charge in [-0.15, -0.1) is 11.3 Å². The Labute approximate surface area is 90.5 Å². The van der Waals surface area contributed by atoms with Gasteiger partial charge in [0.15, 0.2) is 0 Å². The molecule has 1 aliphatic carbocycles. The molecule has 78 valence electrons. The lowest BCUT2D eigenvalue weighted by molar-refractivity contribution is 0.140. The molecule has 0 aromatic carbocycles. The van der Waals surface area contributed by atoms with Crippen LogP contribution in [0.15, 0.2) is 17.5 Å². The minimum absolute atomic E-state index is 0.476. The zero-order valence-electron chi connectivity index (χ0n) is 9.05. The summed E-state index contributed by atoms with van der Waals surface area (Å²) in [6.45, 7) is 3.45. The summed E-state index contributed by atoms with van der Waals surface area (Å²) in [6, 6.07) is 4.48. The molecule has 0 saturated heterocycles. The Morgan fingerprint density at radius 2 is 2.36 bits per heavy atom. The maximum Gasteiger partial charge on any atom is 0.0177 e. The summed E-state index contributed by atoms with van der Waals surface area (Å²) >= 11 is 1.92. The van der Waals surface area contributed by atoms with Crippen LogP contribution >= 0.6 is 11.3 Å². The molecular formula is C12H19NS. The number of hydrogen-bond donors (Lipinski definition) is 1. The first-order valence-corrected chi connectivity index (χ1v) is 6.37. The highest BCUT2D eigenvalue weighted by molar-refractivity contribution is 7.10. The Kier molecular flexibility index (Phi) is 2.93. The molecular weight excluding hydrogens is 190 g/mol. The van der Waals surface area contributed by atoms with Gasteiger partial charge in [-0.3, -0.25) is 0 Å². The van der Waals surface area contributed by atoms with E-state index in [9.17, 15) is 0 Å². The van der Waals surface area contributed by atoms with Crippen molar-refractivity contribution in [3.63, 3.8) is 0 Å². The minimum Gasteiger partial charge on any atom is -0.319 e. The molecule has 2 heteroatoms. The van der Waals surface area contributed by atoms with Crippen LogP contribution in [0.2, 0.25) is 0 Å². The van der Waals surface area contributed by atoms with E-state index in [-0.39, 0.29) is 0 Å². The van der Waals surface area contributed by atoms with Gasteiger partial charge in [-0.2, -0.15) is 0 Å². The van der Waals surface area contributed by atoms with Crippen LogP contribution in [0.4, 0.5) is 0 Å². The van der Waals surface area contributed by atoms with Crippen molar-refractivity contribution >= 4 is 11.3 Å². The van der Waals surface area contributed by atoms with E-state index in [1.165, 1.54) is 19.3 Å². The second-order valence-corrected chi connectivity index (χ2v) is 5.42. The highest BCUT2D eigenvalue weighted by Gasteiger charge is 2.44. The van der Waals surface area contributed by atoms with Gasteiger partial charge < -0.3 is 5.32 Å². The highest BCUT2D eigenvalue weighted by Crippen LogP contribution is 2.50. The average molecular weight is 209 g/mol. The van der Waals surface area contributed by atoms with E-state index >= 15 is 0 Å². The van der Waals surface area contributed by atoms with Gasteiger partial charge >= 0.3 is 0 Å². The Bertz CT molecular complexity index is 273. The molecule has 1 aromatic rings. The van der Waals surface area contributed by atoms with Crippen LogP contribution in [0.5, 0.6) is 0 Å². The SMILES string of the molecule is CCC1CC(CNC)(c2cccs2)C1. The van der Waals surface area contributed by atoms with Crippen molar-refractivity contribution in [1.82, 2.24) is 5.32 Å². The predicted octanol–water partition coefficient (Wildman–Crippen LogP) is 3.03. The van der Waals surface area contributed by atoms with E-state index in [4.69, 9.17) is 0 Å². The molecule has 0 radical (unpaired) electrons. The Balaban J connectivity index is 2.10. The second kappa shape index (κ2) is 4.03. The van der Waals surface area contributed by atoms with Gasteiger partial charge in [0, 0.05) is 16.8 Å². The first-order valence-electron chi connectivity index (χ1n) is 5.49. The first-order chi connectivity index (χ1) is 6.80. The maximum absolute atomic E-state index is 3.35. The third kappa shape index (κ3) is 1.61. The maximum atomic E-state index is 3.35. The van der Waals surface area contributed by atoms with E-state index in [2.05, 4.69) is 36.8 Å². The molecule has 14 heavy (non-hydrogen) atoms. The van der Waals surface area contributed by atoms with Gasteiger partial charge in [0.05, 0.1) is 0 Å². The largest absolute Gasteiger partial charge is 0.319 e. The van der Waals surface area contributed by atoms with Crippen LogP contribution in [0, 0.1) is 5.92 Å². The predicted molar refractivity (Wildman–Crippen MR) is 62.9 cm³/mol. The van der Waals surface area contributed by atoms with Crippen molar-refractivity contribution in [2.24, 2.45) is 5.92 Å². The van der Waals surface area contributed by atoms with Gasteiger partial charge in [0.1, 0.15) is 0 Å². The fourth-order valence-corrected chi connectivity index (χ4v) is 3.64. The van der Waals surface area contributed by atoms with Crippen LogP contribution in [-0.2, 0) is 5.41 Å². The first kappa shape index (κ1) is 10.2. The summed E-state index contributed by atoms with van der Waals surface area (Å²) in [4.78, 5) is 1.58. The van der Waals surface area contributed by atoms with Crippen LogP contribution < -0.4 is 5.32 Å². The summed E-state index contributed by atoms with van der Waals surface area (Å²) < 4.78 is 0. The fraction of sp³-hybridized carbons (Fsp3) is 0.667. The van der Waals surface area contributed by atoms with E-state index < -0.39 is 0 Å². The molecule has 0 unspecified atom stereocenters. The van der Waals surface area contributed by atoms with Crippen molar-refractivity contribution in [2.45, 2.75) is 31.6 Å². The zero-order valence-corrected chi connectivity index (χ0v) is 9.86. The number of nitrogens with one attached hydrogen (secondary N) is 1. The van der Waals surface area contributed by atoms with E-state index in [1.807, 2.05) is 11.3 Å². The molecule has 1 aliphatic rings. The molecule has 0 amide bonds. The summed E-state index contributed by atoms with van der Waals surface area (Å²) in [6.07, 6.45) is 4.10. The third-order valence-electron chi connectivity index (χ3n) is 3.50. The zero-order chi connectivity index (χ0) is 10.0. The van der Waals surface area contributed by atoms with Gasteiger partial charge in [0.25, 0.3) is 0 Å². The third-order valence-corrected chi connectivity index (χ3v) is 4.61. The van der Waals surface area contributed by atoms with Gasteiger partial charge in [-0.1, -0.05) is 19.4 Å². The van der Waals surface area contributed by atoms with Crippen LogP contribution in [0.1, 0.15) is 31.1 Å². The lowest BCUT2D eigenvalue weighted by Gasteiger charge is -2.47. The van der Waals surface area contributed by atoms with Crippen LogP contribution in [-0.4, -0.2) is 13.6 Å². The lowest BCUT2D eigenvalue weighted by Crippen LogP contribution is -2.47. The topological polar surface area (TPSA) is 12.0 Å². The molecule has 1 aromatic heterocycles. The molecule has 1 heterocycles. The summed E-state index contributed by atoms with van der Waals surface area (Å²) in [5.74, 6) is 0.963.